The van der Waals surface area contributed by atoms with E-state index < -0.39 is 20.0 Å². The number of hydrogen-bond donors (Lipinski definition) is 2. The van der Waals surface area contributed by atoms with Crippen LogP contribution in [-0.4, -0.2) is 42.7 Å². The molecule has 0 spiro atoms. The SMILES string of the molecule is COc1ccc(N(CCCC(=O)Nc2ccc(S(=O)(=O)Nc3cccc(Cl)c3Cl)cc2)S(C)(=O)=O)cc1Cl. The highest BCUT2D eigenvalue weighted by Crippen LogP contribution is 2.32. The Morgan fingerprint density at radius 3 is 2.24 bits per heavy atom. The average Bonchev–Trinajstić information content (AvgIpc) is 2.84. The smallest absolute Gasteiger partial charge is 0.261 e. The maximum Gasteiger partial charge on any atom is 0.261 e. The largest absolute Gasteiger partial charge is 0.495 e. The molecule has 0 saturated carbocycles. The van der Waals surface area contributed by atoms with Gasteiger partial charge in [0.05, 0.1) is 44.7 Å². The van der Waals surface area contributed by atoms with Crippen LogP contribution in [0.1, 0.15) is 12.8 Å². The fourth-order valence-electron chi connectivity index (χ4n) is 3.41. The minimum Gasteiger partial charge on any atom is -0.495 e. The molecule has 3 aromatic rings. The molecule has 2 N–H and O–H groups in total. The van der Waals surface area contributed by atoms with Gasteiger partial charge in [0.1, 0.15) is 5.75 Å². The van der Waals surface area contributed by atoms with Crippen LogP contribution in [-0.2, 0) is 24.8 Å². The summed E-state index contributed by atoms with van der Waals surface area (Å²) in [5.41, 5.74) is 0.858. The summed E-state index contributed by atoms with van der Waals surface area (Å²) in [4.78, 5) is 12.4. The first-order valence-corrected chi connectivity index (χ1v) is 15.5. The number of anilines is 3. The van der Waals surface area contributed by atoms with Crippen molar-refractivity contribution < 1.29 is 26.4 Å². The van der Waals surface area contributed by atoms with Crippen LogP contribution in [0.2, 0.25) is 15.1 Å². The van der Waals surface area contributed by atoms with Crippen molar-refractivity contribution in [2.75, 3.05) is 34.3 Å². The number of benzene rings is 3. The molecule has 9 nitrogen and oxygen atoms in total. The van der Waals surface area contributed by atoms with Gasteiger partial charge in [-0.05, 0) is 61.0 Å². The molecule has 38 heavy (non-hydrogen) atoms. The Hall–Kier alpha value is -2.70. The molecule has 0 aliphatic rings. The summed E-state index contributed by atoms with van der Waals surface area (Å²) in [5, 5.41) is 3.20. The molecule has 0 fully saturated rings. The molecule has 0 aromatic heterocycles. The first kappa shape index (κ1) is 29.9. The molecular formula is C24H24Cl3N3O6S2. The lowest BCUT2D eigenvalue weighted by atomic mass is 10.2. The van der Waals surface area contributed by atoms with E-state index >= 15 is 0 Å². The van der Waals surface area contributed by atoms with Gasteiger partial charge >= 0.3 is 0 Å². The number of nitrogens with one attached hydrogen (secondary N) is 2. The Bertz CT molecular complexity index is 1530. The number of ether oxygens (including phenoxy) is 1. The third-order valence-electron chi connectivity index (χ3n) is 5.23. The van der Waals surface area contributed by atoms with Gasteiger partial charge in [0, 0.05) is 18.7 Å². The summed E-state index contributed by atoms with van der Waals surface area (Å²) in [5.74, 6) is 0.0387. The van der Waals surface area contributed by atoms with Crippen LogP contribution < -0.4 is 19.1 Å². The van der Waals surface area contributed by atoms with Crippen molar-refractivity contribution in [3.05, 3.63) is 75.7 Å². The summed E-state index contributed by atoms with van der Waals surface area (Å²) < 4.78 is 58.6. The van der Waals surface area contributed by atoms with E-state index in [0.29, 0.717) is 17.1 Å². The number of rotatable bonds is 11. The third kappa shape index (κ3) is 7.67. The van der Waals surface area contributed by atoms with Gasteiger partial charge in [-0.25, -0.2) is 16.8 Å². The number of methoxy groups -OCH3 is 1. The molecule has 0 aliphatic heterocycles. The zero-order valence-electron chi connectivity index (χ0n) is 20.2. The number of sulfonamides is 2. The maximum atomic E-state index is 12.7. The molecule has 0 heterocycles. The second-order valence-corrected chi connectivity index (χ2v) is 12.8. The predicted octanol–water partition coefficient (Wildman–Crippen LogP) is 5.64. The van der Waals surface area contributed by atoms with E-state index in [4.69, 9.17) is 39.5 Å². The Balaban J connectivity index is 1.60. The fourth-order valence-corrected chi connectivity index (χ4v) is 6.09. The van der Waals surface area contributed by atoms with Gasteiger partial charge in [0.2, 0.25) is 15.9 Å². The lowest BCUT2D eigenvalue weighted by molar-refractivity contribution is -0.116. The van der Waals surface area contributed by atoms with Crippen LogP contribution in [0, 0.1) is 0 Å². The van der Waals surface area contributed by atoms with Gasteiger partial charge in [-0.3, -0.25) is 13.8 Å². The van der Waals surface area contributed by atoms with Crippen LogP contribution in [0.5, 0.6) is 5.75 Å². The molecule has 0 atom stereocenters. The monoisotopic (exact) mass is 619 g/mol. The van der Waals surface area contributed by atoms with E-state index in [1.54, 1.807) is 18.2 Å². The second-order valence-electron chi connectivity index (χ2n) is 8.04. The quantitative estimate of drug-likeness (QED) is 0.286. The van der Waals surface area contributed by atoms with Gasteiger partial charge in [0.15, 0.2) is 0 Å². The van der Waals surface area contributed by atoms with Crippen LogP contribution in [0.4, 0.5) is 17.1 Å². The van der Waals surface area contributed by atoms with E-state index in [-0.39, 0.29) is 50.9 Å². The van der Waals surface area contributed by atoms with Crippen molar-refractivity contribution >= 4 is 77.8 Å². The van der Waals surface area contributed by atoms with Crippen LogP contribution in [0.25, 0.3) is 0 Å². The normalized spacial score (nSPS) is 11.6. The summed E-state index contributed by atoms with van der Waals surface area (Å²) in [6.07, 6.45) is 1.31. The summed E-state index contributed by atoms with van der Waals surface area (Å²) in [7, 11) is -6.14. The topological polar surface area (TPSA) is 122 Å². The molecule has 204 valence electrons. The Kier molecular flexibility index (Phi) is 9.77. The third-order valence-corrected chi connectivity index (χ3v) is 8.92. The number of halogens is 3. The molecule has 0 bridgehead atoms. The second kappa shape index (κ2) is 12.4. The molecule has 0 aliphatic carbocycles. The van der Waals surface area contributed by atoms with Gasteiger partial charge in [-0.15, -0.1) is 0 Å². The molecule has 3 aromatic carbocycles. The van der Waals surface area contributed by atoms with Crippen molar-refractivity contribution in [3.63, 3.8) is 0 Å². The molecule has 1 amide bonds. The van der Waals surface area contributed by atoms with Crippen molar-refractivity contribution in [3.8, 4) is 5.75 Å². The Morgan fingerprint density at radius 2 is 1.63 bits per heavy atom. The number of carbonyl (C=O) groups is 1. The molecular weight excluding hydrogens is 597 g/mol. The molecule has 0 radical (unpaired) electrons. The number of nitrogens with zero attached hydrogens (tertiary/aromatic N) is 1. The molecule has 14 heteroatoms. The van der Waals surface area contributed by atoms with Crippen LogP contribution in [0.15, 0.2) is 65.6 Å². The van der Waals surface area contributed by atoms with E-state index in [1.165, 1.54) is 49.6 Å². The predicted molar refractivity (Wildman–Crippen MR) is 152 cm³/mol. The van der Waals surface area contributed by atoms with Gasteiger partial charge in [-0.1, -0.05) is 40.9 Å². The summed E-state index contributed by atoms with van der Waals surface area (Å²) in [6, 6.07) is 14.7. The van der Waals surface area contributed by atoms with Crippen LogP contribution >= 0.6 is 34.8 Å². The lowest BCUT2D eigenvalue weighted by Crippen LogP contribution is -2.31. The number of hydrogen-bond acceptors (Lipinski definition) is 6. The molecule has 0 unspecified atom stereocenters. The van der Waals surface area contributed by atoms with E-state index in [9.17, 15) is 21.6 Å². The zero-order valence-corrected chi connectivity index (χ0v) is 24.1. The van der Waals surface area contributed by atoms with Crippen molar-refractivity contribution in [2.24, 2.45) is 0 Å². The van der Waals surface area contributed by atoms with Gasteiger partial charge < -0.3 is 10.1 Å². The summed E-state index contributed by atoms with van der Waals surface area (Å²) >= 11 is 18.1. The van der Waals surface area contributed by atoms with E-state index in [0.717, 1.165) is 10.6 Å². The summed E-state index contributed by atoms with van der Waals surface area (Å²) in [6.45, 7) is 0.0455. The zero-order chi connectivity index (χ0) is 28.1. The van der Waals surface area contributed by atoms with Crippen LogP contribution in [0.3, 0.4) is 0 Å². The molecule has 0 saturated heterocycles. The van der Waals surface area contributed by atoms with Crippen molar-refractivity contribution in [2.45, 2.75) is 17.7 Å². The number of carbonyl (C=O) groups excluding carboxylic acids is 1. The van der Waals surface area contributed by atoms with Crippen molar-refractivity contribution in [1.82, 2.24) is 0 Å². The Morgan fingerprint density at radius 1 is 0.947 bits per heavy atom. The minimum absolute atomic E-state index is 0.0186. The average molecular weight is 621 g/mol. The number of amides is 1. The first-order chi connectivity index (χ1) is 17.8. The van der Waals surface area contributed by atoms with E-state index in [2.05, 4.69) is 10.0 Å². The standard InChI is InChI=1S/C24H24Cl3N3O6S2/c1-36-22-13-10-17(15-20(22)26)30(37(2,32)33)14-4-7-23(31)28-16-8-11-18(12-9-16)38(34,35)29-21-6-3-5-19(25)24(21)27/h3,5-6,8-13,15,29H,4,7,14H2,1-2H3,(H,28,31). The molecule has 3 rings (SSSR count). The van der Waals surface area contributed by atoms with E-state index in [1.807, 2.05) is 0 Å². The minimum atomic E-state index is -3.95. The van der Waals surface area contributed by atoms with Gasteiger partial charge in [-0.2, -0.15) is 0 Å². The highest BCUT2D eigenvalue weighted by Gasteiger charge is 2.20. The van der Waals surface area contributed by atoms with Crippen molar-refractivity contribution in [1.29, 1.82) is 0 Å². The highest BCUT2D eigenvalue weighted by atomic mass is 35.5. The first-order valence-electron chi connectivity index (χ1n) is 11.0. The fraction of sp³-hybridized carbons (Fsp3) is 0.208. The highest BCUT2D eigenvalue weighted by molar-refractivity contribution is 7.92. The Labute approximate surface area is 236 Å². The lowest BCUT2D eigenvalue weighted by Gasteiger charge is -2.23. The maximum absolute atomic E-state index is 12.7. The van der Waals surface area contributed by atoms with Gasteiger partial charge in [0.25, 0.3) is 10.0 Å².